The van der Waals surface area contributed by atoms with Gasteiger partial charge < -0.3 is 14.9 Å². The maximum absolute atomic E-state index is 12.3. The van der Waals surface area contributed by atoms with E-state index in [1.54, 1.807) is 12.1 Å². The summed E-state index contributed by atoms with van der Waals surface area (Å²) in [6.45, 7) is 6.64. The summed E-state index contributed by atoms with van der Waals surface area (Å²) in [5.74, 6) is -1.28. The Balaban J connectivity index is 1.96. The second-order valence-corrected chi connectivity index (χ2v) is 6.21. The molecule has 0 aliphatic carbocycles. The molecule has 0 spiro atoms. The number of nitrogens with zero attached hydrogens (tertiary/aromatic N) is 3. The van der Waals surface area contributed by atoms with Crippen LogP contribution in [0.25, 0.3) is 0 Å². The number of benzene rings is 1. The van der Waals surface area contributed by atoms with Gasteiger partial charge >= 0.3 is 5.97 Å². The van der Waals surface area contributed by atoms with E-state index in [2.05, 4.69) is 16.8 Å². The first kappa shape index (κ1) is 17.4. The maximum atomic E-state index is 12.3. The van der Waals surface area contributed by atoms with Gasteiger partial charge in [-0.25, -0.2) is 4.79 Å². The van der Waals surface area contributed by atoms with Crippen LogP contribution < -0.4 is 0 Å². The highest BCUT2D eigenvalue weighted by molar-refractivity contribution is 5.96. The summed E-state index contributed by atoms with van der Waals surface area (Å²) in [4.78, 5) is 29.2. The predicted molar refractivity (Wildman–Crippen MR) is 88.4 cm³/mol. The molecule has 1 N–H and O–H groups in total. The van der Waals surface area contributed by atoms with Crippen LogP contribution in [0.3, 0.4) is 0 Å². The molecule has 1 unspecified atom stereocenters. The van der Waals surface area contributed by atoms with E-state index in [0.29, 0.717) is 5.56 Å². The lowest BCUT2D eigenvalue weighted by Gasteiger charge is -2.32. The lowest BCUT2D eigenvalue weighted by Crippen LogP contribution is -2.43. The van der Waals surface area contributed by atoms with Crippen molar-refractivity contribution in [1.82, 2.24) is 14.7 Å². The summed E-state index contributed by atoms with van der Waals surface area (Å²) in [7, 11) is 3.64. The second kappa shape index (κ2) is 7.57. The van der Waals surface area contributed by atoms with Crippen LogP contribution in [-0.4, -0.2) is 78.0 Å². The molecule has 1 aliphatic rings. The average molecular weight is 319 g/mol. The Bertz CT molecular complexity index is 551. The van der Waals surface area contributed by atoms with E-state index in [0.717, 1.165) is 32.7 Å². The maximum Gasteiger partial charge on any atom is 0.326 e. The summed E-state index contributed by atoms with van der Waals surface area (Å²) in [5, 5.41) is 8.99. The lowest BCUT2D eigenvalue weighted by molar-refractivity contribution is -0.141. The van der Waals surface area contributed by atoms with Crippen LogP contribution in [0.2, 0.25) is 0 Å². The van der Waals surface area contributed by atoms with Gasteiger partial charge in [-0.05, 0) is 31.7 Å². The molecule has 126 valence electrons. The Hall–Kier alpha value is -1.92. The Kier molecular flexibility index (Phi) is 5.74. The predicted octanol–water partition coefficient (Wildman–Crippen LogP) is 0.979. The molecule has 1 fully saturated rings. The van der Waals surface area contributed by atoms with E-state index in [1.807, 2.05) is 12.1 Å². The largest absolute Gasteiger partial charge is 0.480 e. The molecule has 1 aromatic carbocycles. The summed E-state index contributed by atoms with van der Waals surface area (Å²) < 4.78 is 0. The number of carbonyl (C=O) groups is 2. The van der Waals surface area contributed by atoms with Crippen molar-refractivity contribution in [1.29, 1.82) is 0 Å². The quantitative estimate of drug-likeness (QED) is 0.876. The van der Waals surface area contributed by atoms with Crippen LogP contribution in [0.5, 0.6) is 0 Å². The SMILES string of the molecule is CC(C(=O)O)N(C)C(=O)c1ccc(CN2CCN(C)CC2)cc1. The minimum Gasteiger partial charge on any atom is -0.480 e. The van der Waals surface area contributed by atoms with Gasteiger partial charge in [0.2, 0.25) is 0 Å². The lowest BCUT2D eigenvalue weighted by atomic mass is 10.1. The van der Waals surface area contributed by atoms with Gasteiger partial charge in [-0.2, -0.15) is 0 Å². The Labute approximate surface area is 137 Å². The first-order valence-electron chi connectivity index (χ1n) is 7.88. The van der Waals surface area contributed by atoms with Crippen molar-refractivity contribution >= 4 is 11.9 Å². The molecule has 1 atom stereocenters. The molecule has 6 nitrogen and oxygen atoms in total. The summed E-state index contributed by atoms with van der Waals surface area (Å²) in [5.41, 5.74) is 1.68. The van der Waals surface area contributed by atoms with E-state index < -0.39 is 12.0 Å². The van der Waals surface area contributed by atoms with Gasteiger partial charge in [-0.3, -0.25) is 9.69 Å². The number of carboxylic acids is 1. The monoisotopic (exact) mass is 319 g/mol. The number of carboxylic acid groups (broad SMARTS) is 1. The zero-order valence-electron chi connectivity index (χ0n) is 14.0. The average Bonchev–Trinajstić information content (AvgIpc) is 2.55. The minimum absolute atomic E-state index is 0.272. The molecule has 1 saturated heterocycles. The van der Waals surface area contributed by atoms with Gasteiger partial charge in [-0.1, -0.05) is 12.1 Å². The molecule has 1 amide bonds. The minimum atomic E-state index is -1.01. The summed E-state index contributed by atoms with van der Waals surface area (Å²) >= 11 is 0. The molecular formula is C17H25N3O3. The number of hydrogen-bond acceptors (Lipinski definition) is 4. The Morgan fingerprint density at radius 3 is 2.26 bits per heavy atom. The number of hydrogen-bond donors (Lipinski definition) is 1. The fourth-order valence-corrected chi connectivity index (χ4v) is 2.56. The van der Waals surface area contributed by atoms with Crippen LogP contribution in [0.4, 0.5) is 0 Å². The van der Waals surface area contributed by atoms with Crippen molar-refractivity contribution in [2.24, 2.45) is 0 Å². The van der Waals surface area contributed by atoms with Crippen molar-refractivity contribution in [3.63, 3.8) is 0 Å². The van der Waals surface area contributed by atoms with Crippen molar-refractivity contribution in [3.05, 3.63) is 35.4 Å². The number of aliphatic carboxylic acids is 1. The second-order valence-electron chi connectivity index (χ2n) is 6.21. The van der Waals surface area contributed by atoms with Crippen molar-refractivity contribution in [2.45, 2.75) is 19.5 Å². The third-order valence-corrected chi connectivity index (χ3v) is 4.46. The van der Waals surface area contributed by atoms with Crippen LogP contribution in [0, 0.1) is 0 Å². The Morgan fingerprint density at radius 2 is 1.74 bits per heavy atom. The van der Waals surface area contributed by atoms with E-state index in [-0.39, 0.29) is 5.91 Å². The third-order valence-electron chi connectivity index (χ3n) is 4.46. The first-order valence-corrected chi connectivity index (χ1v) is 7.88. The van der Waals surface area contributed by atoms with E-state index >= 15 is 0 Å². The van der Waals surface area contributed by atoms with Crippen molar-refractivity contribution in [2.75, 3.05) is 40.3 Å². The number of amides is 1. The molecule has 0 saturated carbocycles. The van der Waals surface area contributed by atoms with Gasteiger partial charge in [0, 0.05) is 45.3 Å². The third kappa shape index (κ3) is 4.53. The first-order chi connectivity index (χ1) is 10.9. The van der Waals surface area contributed by atoms with Gasteiger partial charge in [0.1, 0.15) is 6.04 Å². The zero-order valence-corrected chi connectivity index (χ0v) is 14.0. The molecule has 6 heteroatoms. The van der Waals surface area contributed by atoms with Crippen molar-refractivity contribution in [3.8, 4) is 0 Å². The fourth-order valence-electron chi connectivity index (χ4n) is 2.56. The molecule has 1 aliphatic heterocycles. The van der Waals surface area contributed by atoms with Gasteiger partial charge in [0.25, 0.3) is 5.91 Å². The van der Waals surface area contributed by atoms with Crippen LogP contribution >= 0.6 is 0 Å². The van der Waals surface area contributed by atoms with Crippen LogP contribution in [0.1, 0.15) is 22.8 Å². The van der Waals surface area contributed by atoms with E-state index in [4.69, 9.17) is 5.11 Å². The van der Waals surface area contributed by atoms with Crippen molar-refractivity contribution < 1.29 is 14.7 Å². The number of likely N-dealkylation sites (N-methyl/N-ethyl adjacent to an activating group) is 2. The van der Waals surface area contributed by atoms with Gasteiger partial charge in [-0.15, -0.1) is 0 Å². The molecule has 0 bridgehead atoms. The summed E-state index contributed by atoms with van der Waals surface area (Å²) in [6.07, 6.45) is 0. The number of carbonyl (C=O) groups excluding carboxylic acids is 1. The van der Waals surface area contributed by atoms with Crippen LogP contribution in [-0.2, 0) is 11.3 Å². The highest BCUT2D eigenvalue weighted by atomic mass is 16.4. The fraction of sp³-hybridized carbons (Fsp3) is 0.529. The van der Waals surface area contributed by atoms with Gasteiger partial charge in [0.15, 0.2) is 0 Å². The highest BCUT2D eigenvalue weighted by Crippen LogP contribution is 2.12. The van der Waals surface area contributed by atoms with E-state index in [1.165, 1.54) is 24.4 Å². The van der Waals surface area contributed by atoms with Gasteiger partial charge in [0.05, 0.1) is 0 Å². The normalized spacial score (nSPS) is 17.7. The molecule has 23 heavy (non-hydrogen) atoms. The molecular weight excluding hydrogens is 294 g/mol. The molecule has 0 radical (unpaired) electrons. The molecule has 0 aromatic heterocycles. The van der Waals surface area contributed by atoms with Crippen LogP contribution in [0.15, 0.2) is 24.3 Å². The number of piperazine rings is 1. The standard InChI is InChI=1S/C17H25N3O3/c1-13(17(22)23)19(3)16(21)15-6-4-14(5-7-15)12-20-10-8-18(2)9-11-20/h4-7,13H,8-12H2,1-3H3,(H,22,23). The van der Waals surface area contributed by atoms with E-state index in [9.17, 15) is 9.59 Å². The smallest absolute Gasteiger partial charge is 0.326 e. The zero-order chi connectivity index (χ0) is 17.0. The Morgan fingerprint density at radius 1 is 1.17 bits per heavy atom. The molecule has 1 aromatic rings. The topological polar surface area (TPSA) is 64.1 Å². The number of rotatable bonds is 5. The molecule has 1 heterocycles. The molecule has 2 rings (SSSR count). The summed E-state index contributed by atoms with van der Waals surface area (Å²) in [6, 6.07) is 6.61. The highest BCUT2D eigenvalue weighted by Gasteiger charge is 2.22.